The van der Waals surface area contributed by atoms with Gasteiger partial charge < -0.3 is 4.90 Å². The topological polar surface area (TPSA) is 29.0 Å². The second kappa shape index (κ2) is 7.14. The maximum atomic E-state index is 5.16. The fraction of sp³-hybridized carbons (Fsp3) is 0.500. The van der Waals surface area contributed by atoms with Gasteiger partial charge in [0.2, 0.25) is 0 Å². The van der Waals surface area contributed by atoms with E-state index in [2.05, 4.69) is 49.9 Å². The summed E-state index contributed by atoms with van der Waals surface area (Å²) < 4.78 is 0. The highest BCUT2D eigenvalue weighted by Gasteiger charge is 2.27. The minimum Gasteiger partial charge on any atom is -0.351 e. The minimum atomic E-state index is 0.571. The van der Waals surface area contributed by atoms with E-state index in [9.17, 15) is 0 Å². The summed E-state index contributed by atoms with van der Waals surface area (Å²) in [6.07, 6.45) is 5.73. The summed E-state index contributed by atoms with van der Waals surface area (Å²) in [6.45, 7) is 8.90. The van der Waals surface area contributed by atoms with Crippen molar-refractivity contribution >= 4 is 27.4 Å². The average molecular weight is 392 g/mol. The molecule has 3 aromatic rings. The molecule has 1 aromatic carbocycles. The molecule has 0 amide bonds. The Morgan fingerprint density at radius 3 is 2.79 bits per heavy atom. The van der Waals surface area contributed by atoms with Crippen LogP contribution in [0.15, 0.2) is 24.3 Å². The Morgan fingerprint density at radius 2 is 1.96 bits per heavy atom. The summed E-state index contributed by atoms with van der Waals surface area (Å²) in [7, 11) is 0. The standard InChI is InChI=1S/C24H29N3S/c1-15(2)12-21-25-23(27-11-10-17-6-4-5-7-18(17)14-27)22-19-9-8-16(3)13-20(19)28-24(22)26-21/h4-7,15-16H,8-14H2,1-3H3. The Kier molecular flexibility index (Phi) is 4.62. The van der Waals surface area contributed by atoms with Crippen LogP contribution in [-0.4, -0.2) is 16.5 Å². The van der Waals surface area contributed by atoms with Crippen LogP contribution in [0.2, 0.25) is 0 Å². The molecule has 0 saturated heterocycles. The number of nitrogens with zero attached hydrogens (tertiary/aromatic N) is 3. The molecule has 3 nitrogen and oxygen atoms in total. The van der Waals surface area contributed by atoms with E-state index in [4.69, 9.17) is 9.97 Å². The number of thiophene rings is 1. The molecule has 0 N–H and O–H groups in total. The van der Waals surface area contributed by atoms with Crippen molar-refractivity contribution in [2.75, 3.05) is 11.4 Å². The molecule has 1 aliphatic heterocycles. The van der Waals surface area contributed by atoms with Crippen LogP contribution < -0.4 is 4.90 Å². The fourth-order valence-electron chi connectivity index (χ4n) is 4.73. The zero-order valence-electron chi connectivity index (χ0n) is 17.2. The van der Waals surface area contributed by atoms with Crippen LogP contribution in [0.3, 0.4) is 0 Å². The summed E-state index contributed by atoms with van der Waals surface area (Å²) >= 11 is 1.93. The number of hydrogen-bond donors (Lipinski definition) is 0. The van der Waals surface area contributed by atoms with Crippen LogP contribution in [0.5, 0.6) is 0 Å². The van der Waals surface area contributed by atoms with Crippen molar-refractivity contribution in [1.82, 2.24) is 9.97 Å². The van der Waals surface area contributed by atoms with E-state index < -0.39 is 0 Å². The highest BCUT2D eigenvalue weighted by molar-refractivity contribution is 7.19. The molecule has 1 aliphatic carbocycles. The van der Waals surface area contributed by atoms with Gasteiger partial charge in [-0.25, -0.2) is 9.97 Å². The number of fused-ring (bicyclic) bond motifs is 4. The molecule has 4 heteroatoms. The summed E-state index contributed by atoms with van der Waals surface area (Å²) in [6, 6.07) is 8.88. The smallest absolute Gasteiger partial charge is 0.141 e. The molecule has 146 valence electrons. The lowest BCUT2D eigenvalue weighted by Crippen LogP contribution is -2.31. The molecule has 3 heterocycles. The lowest BCUT2D eigenvalue weighted by molar-refractivity contribution is 0.509. The van der Waals surface area contributed by atoms with Crippen molar-refractivity contribution in [2.24, 2.45) is 11.8 Å². The van der Waals surface area contributed by atoms with Crippen LogP contribution in [0.4, 0.5) is 5.82 Å². The molecule has 0 spiro atoms. The maximum Gasteiger partial charge on any atom is 0.141 e. The van der Waals surface area contributed by atoms with Crippen LogP contribution >= 0.6 is 11.3 Å². The molecule has 5 rings (SSSR count). The Balaban J connectivity index is 1.63. The zero-order chi connectivity index (χ0) is 19.3. The van der Waals surface area contributed by atoms with Gasteiger partial charge in [0.1, 0.15) is 16.5 Å². The number of rotatable bonds is 3. The molecule has 2 aliphatic rings. The van der Waals surface area contributed by atoms with Crippen molar-refractivity contribution in [3.8, 4) is 0 Å². The molecule has 28 heavy (non-hydrogen) atoms. The van der Waals surface area contributed by atoms with Crippen LogP contribution in [0, 0.1) is 11.8 Å². The summed E-state index contributed by atoms with van der Waals surface area (Å²) in [4.78, 5) is 15.5. The minimum absolute atomic E-state index is 0.571. The largest absolute Gasteiger partial charge is 0.351 e. The molecule has 0 bridgehead atoms. The van der Waals surface area contributed by atoms with Gasteiger partial charge in [0.15, 0.2) is 0 Å². The highest BCUT2D eigenvalue weighted by Crippen LogP contribution is 2.42. The lowest BCUT2D eigenvalue weighted by atomic mass is 9.89. The van der Waals surface area contributed by atoms with Gasteiger partial charge in [0, 0.05) is 24.4 Å². The van der Waals surface area contributed by atoms with Gasteiger partial charge in [0.05, 0.1) is 5.39 Å². The van der Waals surface area contributed by atoms with Crippen molar-refractivity contribution in [1.29, 1.82) is 0 Å². The Labute approximate surface area is 171 Å². The normalized spacial score (nSPS) is 19.1. The Hall–Kier alpha value is -1.94. The maximum absolute atomic E-state index is 5.16. The number of aryl methyl sites for hydroxylation is 1. The summed E-state index contributed by atoms with van der Waals surface area (Å²) in [5.41, 5.74) is 4.49. The number of hydrogen-bond acceptors (Lipinski definition) is 4. The second-order valence-electron chi connectivity index (χ2n) is 9.03. The Morgan fingerprint density at radius 1 is 1.14 bits per heavy atom. The molecule has 1 unspecified atom stereocenters. The predicted octanol–water partition coefficient (Wildman–Crippen LogP) is 5.58. The Bertz CT molecular complexity index is 1020. The van der Waals surface area contributed by atoms with E-state index >= 15 is 0 Å². The number of benzene rings is 1. The third-order valence-electron chi connectivity index (χ3n) is 6.20. The zero-order valence-corrected chi connectivity index (χ0v) is 18.0. The van der Waals surface area contributed by atoms with Crippen molar-refractivity contribution in [3.05, 3.63) is 51.7 Å². The van der Waals surface area contributed by atoms with Crippen molar-refractivity contribution in [2.45, 2.75) is 59.4 Å². The van der Waals surface area contributed by atoms with Gasteiger partial charge in [-0.2, -0.15) is 0 Å². The lowest BCUT2D eigenvalue weighted by Gasteiger charge is -2.31. The molecule has 2 aromatic heterocycles. The van der Waals surface area contributed by atoms with E-state index in [1.165, 1.54) is 46.4 Å². The van der Waals surface area contributed by atoms with Gasteiger partial charge >= 0.3 is 0 Å². The monoisotopic (exact) mass is 391 g/mol. The number of anilines is 1. The van der Waals surface area contributed by atoms with Gasteiger partial charge in [-0.1, -0.05) is 45.0 Å². The first kappa shape index (κ1) is 18.1. The first-order valence-electron chi connectivity index (χ1n) is 10.7. The van der Waals surface area contributed by atoms with Crippen LogP contribution in [-0.2, 0) is 32.2 Å². The van der Waals surface area contributed by atoms with Crippen molar-refractivity contribution in [3.63, 3.8) is 0 Å². The van der Waals surface area contributed by atoms with E-state index in [1.54, 1.807) is 10.4 Å². The molecule has 0 fully saturated rings. The second-order valence-corrected chi connectivity index (χ2v) is 10.1. The summed E-state index contributed by atoms with van der Waals surface area (Å²) in [5.74, 6) is 3.57. The quantitative estimate of drug-likeness (QED) is 0.584. The van der Waals surface area contributed by atoms with E-state index in [-0.39, 0.29) is 0 Å². The first-order chi connectivity index (χ1) is 13.6. The van der Waals surface area contributed by atoms with E-state index in [0.29, 0.717) is 5.92 Å². The first-order valence-corrected chi connectivity index (χ1v) is 11.5. The van der Waals surface area contributed by atoms with Gasteiger partial charge in [0.25, 0.3) is 0 Å². The molecular weight excluding hydrogens is 362 g/mol. The molecular formula is C24H29N3S. The van der Waals surface area contributed by atoms with E-state index in [1.807, 2.05) is 11.3 Å². The predicted molar refractivity (Wildman–Crippen MR) is 118 cm³/mol. The van der Waals surface area contributed by atoms with Crippen LogP contribution in [0.25, 0.3) is 10.2 Å². The molecule has 0 saturated carbocycles. The summed E-state index contributed by atoms with van der Waals surface area (Å²) in [5, 5.41) is 1.36. The highest BCUT2D eigenvalue weighted by atomic mass is 32.1. The number of aromatic nitrogens is 2. The van der Waals surface area contributed by atoms with Gasteiger partial charge in [-0.3, -0.25) is 0 Å². The fourth-order valence-corrected chi connectivity index (χ4v) is 6.12. The SMILES string of the molecule is CC(C)Cc1nc(N2CCc3ccccc3C2)c2c3c(sc2n1)CC(C)CC3. The average Bonchev–Trinajstić information content (AvgIpc) is 3.03. The third kappa shape index (κ3) is 3.22. The van der Waals surface area contributed by atoms with Crippen molar-refractivity contribution < 1.29 is 0 Å². The van der Waals surface area contributed by atoms with Gasteiger partial charge in [-0.15, -0.1) is 11.3 Å². The van der Waals surface area contributed by atoms with Gasteiger partial charge in [-0.05, 0) is 54.2 Å². The molecule has 1 atom stereocenters. The molecule has 0 radical (unpaired) electrons. The third-order valence-corrected chi connectivity index (χ3v) is 7.35. The van der Waals surface area contributed by atoms with Crippen LogP contribution in [0.1, 0.15) is 54.6 Å². The van der Waals surface area contributed by atoms with E-state index in [0.717, 1.165) is 37.7 Å².